The second-order valence-electron chi connectivity index (χ2n) is 3.50. The van der Waals surface area contributed by atoms with E-state index in [4.69, 9.17) is 9.84 Å². The summed E-state index contributed by atoms with van der Waals surface area (Å²) in [5.41, 5.74) is -0.429. The highest BCUT2D eigenvalue weighted by Crippen LogP contribution is 2.23. The SMILES string of the molecule is O=C(O)c1ccc(Oc2ccc(F)cc2)cc1F. The Hall–Kier alpha value is -2.43. The van der Waals surface area contributed by atoms with Crippen molar-refractivity contribution in [3.63, 3.8) is 0 Å². The van der Waals surface area contributed by atoms with Crippen LogP contribution in [0.4, 0.5) is 8.78 Å². The molecule has 0 aliphatic heterocycles. The van der Waals surface area contributed by atoms with Crippen LogP contribution in [-0.2, 0) is 0 Å². The van der Waals surface area contributed by atoms with Crippen LogP contribution < -0.4 is 4.74 Å². The zero-order valence-corrected chi connectivity index (χ0v) is 9.06. The van der Waals surface area contributed by atoms with Crippen molar-refractivity contribution in [1.82, 2.24) is 0 Å². The van der Waals surface area contributed by atoms with Gasteiger partial charge in [-0.05, 0) is 36.4 Å². The van der Waals surface area contributed by atoms with Crippen molar-refractivity contribution >= 4 is 5.97 Å². The lowest BCUT2D eigenvalue weighted by Crippen LogP contribution is -2.00. The molecule has 0 atom stereocenters. The predicted octanol–water partition coefficient (Wildman–Crippen LogP) is 3.46. The van der Waals surface area contributed by atoms with E-state index in [-0.39, 0.29) is 5.75 Å². The summed E-state index contributed by atoms with van der Waals surface area (Å²) in [5, 5.41) is 8.65. The highest BCUT2D eigenvalue weighted by Gasteiger charge is 2.11. The van der Waals surface area contributed by atoms with Crippen molar-refractivity contribution in [2.75, 3.05) is 0 Å². The third-order valence-corrected chi connectivity index (χ3v) is 2.22. The summed E-state index contributed by atoms with van der Waals surface area (Å²) in [6.45, 7) is 0. The zero-order valence-electron chi connectivity index (χ0n) is 9.06. The van der Waals surface area contributed by atoms with Crippen LogP contribution in [-0.4, -0.2) is 11.1 Å². The monoisotopic (exact) mass is 250 g/mol. The summed E-state index contributed by atoms with van der Waals surface area (Å²) in [5.74, 6) is -2.17. The van der Waals surface area contributed by atoms with E-state index in [0.717, 1.165) is 12.1 Å². The summed E-state index contributed by atoms with van der Waals surface area (Å²) in [6.07, 6.45) is 0. The Bertz CT molecular complexity index is 579. The third kappa shape index (κ3) is 2.63. The normalized spacial score (nSPS) is 10.1. The Labute approximate surface area is 101 Å². The predicted molar refractivity (Wildman–Crippen MR) is 59.8 cm³/mol. The summed E-state index contributed by atoms with van der Waals surface area (Å²) in [4.78, 5) is 10.6. The Kier molecular flexibility index (Phi) is 3.23. The van der Waals surface area contributed by atoms with E-state index in [1.807, 2.05) is 0 Å². The first-order valence-corrected chi connectivity index (χ1v) is 5.02. The average Bonchev–Trinajstić information content (AvgIpc) is 2.32. The van der Waals surface area contributed by atoms with E-state index in [9.17, 15) is 13.6 Å². The number of carbonyl (C=O) groups is 1. The van der Waals surface area contributed by atoms with Gasteiger partial charge in [0, 0.05) is 6.07 Å². The second kappa shape index (κ2) is 4.83. The zero-order chi connectivity index (χ0) is 13.1. The molecular weight excluding hydrogens is 242 g/mol. The summed E-state index contributed by atoms with van der Waals surface area (Å²) in [6, 6.07) is 8.59. The van der Waals surface area contributed by atoms with Gasteiger partial charge in [-0.25, -0.2) is 13.6 Å². The fraction of sp³-hybridized carbons (Fsp3) is 0. The summed E-state index contributed by atoms with van der Waals surface area (Å²) < 4.78 is 31.2. The quantitative estimate of drug-likeness (QED) is 0.907. The minimum absolute atomic E-state index is 0.143. The number of hydrogen-bond acceptors (Lipinski definition) is 2. The minimum Gasteiger partial charge on any atom is -0.478 e. The molecule has 18 heavy (non-hydrogen) atoms. The number of halogens is 2. The Balaban J connectivity index is 2.22. The molecule has 0 heterocycles. The lowest BCUT2D eigenvalue weighted by atomic mass is 10.2. The molecule has 0 radical (unpaired) electrons. The number of carboxylic acids is 1. The molecule has 0 fully saturated rings. The number of hydrogen-bond donors (Lipinski definition) is 1. The van der Waals surface area contributed by atoms with Gasteiger partial charge in [0.2, 0.25) is 0 Å². The smallest absolute Gasteiger partial charge is 0.338 e. The number of carboxylic acid groups (broad SMARTS) is 1. The average molecular weight is 250 g/mol. The maximum absolute atomic E-state index is 13.3. The van der Waals surface area contributed by atoms with Gasteiger partial charge >= 0.3 is 5.97 Å². The Morgan fingerprint density at radius 2 is 1.61 bits per heavy atom. The van der Waals surface area contributed by atoms with Crippen LogP contribution in [0.15, 0.2) is 42.5 Å². The van der Waals surface area contributed by atoms with Gasteiger partial charge in [-0.2, -0.15) is 0 Å². The van der Waals surface area contributed by atoms with Crippen LogP contribution in [0.5, 0.6) is 11.5 Å². The third-order valence-electron chi connectivity index (χ3n) is 2.22. The van der Waals surface area contributed by atoms with Crippen molar-refractivity contribution in [2.45, 2.75) is 0 Å². The summed E-state index contributed by atoms with van der Waals surface area (Å²) >= 11 is 0. The van der Waals surface area contributed by atoms with Crippen molar-refractivity contribution in [2.24, 2.45) is 0 Å². The van der Waals surface area contributed by atoms with E-state index in [1.54, 1.807) is 0 Å². The maximum Gasteiger partial charge on any atom is 0.338 e. The van der Waals surface area contributed by atoms with Crippen LogP contribution in [0, 0.1) is 11.6 Å². The van der Waals surface area contributed by atoms with Gasteiger partial charge in [-0.1, -0.05) is 0 Å². The molecule has 3 nitrogen and oxygen atoms in total. The fourth-order valence-corrected chi connectivity index (χ4v) is 1.37. The van der Waals surface area contributed by atoms with Crippen LogP contribution >= 0.6 is 0 Å². The molecule has 2 aromatic carbocycles. The Morgan fingerprint density at radius 3 is 2.17 bits per heavy atom. The number of ether oxygens (including phenoxy) is 1. The molecule has 0 amide bonds. The highest BCUT2D eigenvalue weighted by atomic mass is 19.1. The van der Waals surface area contributed by atoms with Gasteiger partial charge in [0.15, 0.2) is 0 Å². The maximum atomic E-state index is 13.3. The Morgan fingerprint density at radius 1 is 1.00 bits per heavy atom. The second-order valence-corrected chi connectivity index (χ2v) is 3.50. The molecule has 0 aromatic heterocycles. The van der Waals surface area contributed by atoms with Crippen molar-refractivity contribution in [3.05, 3.63) is 59.7 Å². The van der Waals surface area contributed by atoms with Crippen LogP contribution in [0.3, 0.4) is 0 Å². The topological polar surface area (TPSA) is 46.5 Å². The van der Waals surface area contributed by atoms with Gasteiger partial charge in [0.1, 0.15) is 23.1 Å². The molecule has 0 aliphatic carbocycles. The molecule has 1 N–H and O–H groups in total. The molecule has 0 bridgehead atoms. The largest absolute Gasteiger partial charge is 0.478 e. The first-order chi connectivity index (χ1) is 8.56. The molecule has 0 spiro atoms. The van der Waals surface area contributed by atoms with Crippen LogP contribution in [0.2, 0.25) is 0 Å². The first kappa shape index (κ1) is 12.0. The fourth-order valence-electron chi connectivity index (χ4n) is 1.37. The molecule has 92 valence electrons. The molecule has 0 unspecified atom stereocenters. The lowest BCUT2D eigenvalue weighted by molar-refractivity contribution is 0.0692. The van der Waals surface area contributed by atoms with E-state index in [1.165, 1.54) is 30.3 Å². The van der Waals surface area contributed by atoms with Gasteiger partial charge < -0.3 is 9.84 Å². The molecule has 0 saturated heterocycles. The highest BCUT2D eigenvalue weighted by molar-refractivity contribution is 5.88. The first-order valence-electron chi connectivity index (χ1n) is 5.02. The van der Waals surface area contributed by atoms with Gasteiger partial charge in [-0.15, -0.1) is 0 Å². The molecule has 5 heteroatoms. The van der Waals surface area contributed by atoms with Crippen molar-refractivity contribution < 1.29 is 23.4 Å². The lowest BCUT2D eigenvalue weighted by Gasteiger charge is -2.06. The molecule has 2 rings (SSSR count). The number of benzene rings is 2. The van der Waals surface area contributed by atoms with Crippen LogP contribution in [0.1, 0.15) is 10.4 Å². The number of aromatic carboxylic acids is 1. The van der Waals surface area contributed by atoms with Gasteiger partial charge in [0.25, 0.3) is 0 Å². The van der Waals surface area contributed by atoms with Gasteiger partial charge in [0.05, 0.1) is 5.56 Å². The molecule has 0 saturated carbocycles. The van der Waals surface area contributed by atoms with E-state index < -0.39 is 23.2 Å². The standard InChI is InChI=1S/C13H8F2O3/c14-8-1-3-9(4-2-8)18-10-5-6-11(13(16)17)12(15)7-10/h1-7H,(H,16,17). The van der Waals surface area contributed by atoms with Crippen LogP contribution in [0.25, 0.3) is 0 Å². The van der Waals surface area contributed by atoms with E-state index >= 15 is 0 Å². The molecule has 0 aliphatic rings. The van der Waals surface area contributed by atoms with E-state index in [2.05, 4.69) is 0 Å². The van der Waals surface area contributed by atoms with Crippen molar-refractivity contribution in [1.29, 1.82) is 0 Å². The van der Waals surface area contributed by atoms with Crippen molar-refractivity contribution in [3.8, 4) is 11.5 Å². The number of rotatable bonds is 3. The van der Waals surface area contributed by atoms with Gasteiger partial charge in [-0.3, -0.25) is 0 Å². The molecular formula is C13H8F2O3. The molecule has 2 aromatic rings. The summed E-state index contributed by atoms with van der Waals surface area (Å²) in [7, 11) is 0. The minimum atomic E-state index is -1.35. The van der Waals surface area contributed by atoms with E-state index in [0.29, 0.717) is 5.75 Å².